The molecule has 0 saturated heterocycles. The number of hydrogen-bond donors (Lipinski definition) is 2. The van der Waals surface area contributed by atoms with Crippen LogP contribution in [0.2, 0.25) is 0 Å². The Balaban J connectivity index is 2.13. The lowest BCUT2D eigenvalue weighted by Gasteiger charge is -2.07. The number of phenols is 1. The number of aromatic hydroxyl groups is 2. The van der Waals surface area contributed by atoms with Crippen molar-refractivity contribution in [3.8, 4) is 17.2 Å². The number of rotatable bonds is 6. The summed E-state index contributed by atoms with van der Waals surface area (Å²) in [7, 11) is 0. The van der Waals surface area contributed by atoms with Crippen molar-refractivity contribution in [1.82, 2.24) is 0 Å². The first kappa shape index (κ1) is 17.7. The van der Waals surface area contributed by atoms with E-state index < -0.39 is 5.63 Å². The third-order valence-corrected chi connectivity index (χ3v) is 3.57. The summed E-state index contributed by atoms with van der Waals surface area (Å²) in [5, 5.41) is 19.9. The lowest BCUT2D eigenvalue weighted by Crippen LogP contribution is -2.07. The van der Waals surface area contributed by atoms with Crippen LogP contribution in [0, 0.1) is 0 Å². The molecule has 5 heteroatoms. The van der Waals surface area contributed by atoms with E-state index in [4.69, 9.17) is 9.15 Å². The summed E-state index contributed by atoms with van der Waals surface area (Å²) in [5.41, 5.74) is 1.85. The quantitative estimate of drug-likeness (QED) is 0.610. The molecule has 1 heterocycles. The van der Waals surface area contributed by atoms with Crippen LogP contribution in [0.1, 0.15) is 33.6 Å². The normalized spacial score (nSPS) is 11.5. The molecule has 0 atom stereocenters. The zero-order valence-corrected chi connectivity index (χ0v) is 14.1. The maximum absolute atomic E-state index is 11.9. The summed E-state index contributed by atoms with van der Waals surface area (Å²) < 4.78 is 10.5. The van der Waals surface area contributed by atoms with Crippen LogP contribution < -0.4 is 10.4 Å². The van der Waals surface area contributed by atoms with Gasteiger partial charge in [-0.3, -0.25) is 0 Å². The Kier molecular flexibility index (Phi) is 5.68. The summed E-state index contributed by atoms with van der Waals surface area (Å²) in [6.07, 6.45) is 5.88. The third-order valence-electron chi connectivity index (χ3n) is 3.57. The molecular formula is C19H22O5. The fourth-order valence-electron chi connectivity index (χ4n) is 2.24. The molecule has 2 rings (SSSR count). The predicted octanol–water partition coefficient (Wildman–Crippen LogP) is 4.28. The highest BCUT2D eigenvalue weighted by atomic mass is 16.5. The summed E-state index contributed by atoms with van der Waals surface area (Å²) in [6.45, 7) is 6.26. The lowest BCUT2D eigenvalue weighted by atomic mass is 10.1. The van der Waals surface area contributed by atoms with Crippen LogP contribution in [0.5, 0.6) is 17.2 Å². The van der Waals surface area contributed by atoms with Gasteiger partial charge in [-0.1, -0.05) is 17.2 Å². The second kappa shape index (κ2) is 7.73. The summed E-state index contributed by atoms with van der Waals surface area (Å²) in [5.74, 6) is -0.609. The molecule has 0 amide bonds. The maximum Gasteiger partial charge on any atom is 0.383 e. The molecule has 0 aliphatic heterocycles. The number of ether oxygens (including phenoxy) is 1. The molecule has 1 aromatic carbocycles. The Morgan fingerprint density at radius 1 is 1.21 bits per heavy atom. The van der Waals surface area contributed by atoms with Gasteiger partial charge < -0.3 is 19.4 Å². The largest absolute Gasteiger partial charge is 0.508 e. The molecule has 2 aromatic rings. The average molecular weight is 330 g/mol. The summed E-state index contributed by atoms with van der Waals surface area (Å²) in [4.78, 5) is 11.9. The van der Waals surface area contributed by atoms with E-state index in [1.807, 2.05) is 13.0 Å². The molecule has 0 fully saturated rings. The van der Waals surface area contributed by atoms with Gasteiger partial charge in [0.25, 0.3) is 0 Å². The molecule has 0 aliphatic rings. The van der Waals surface area contributed by atoms with E-state index in [-0.39, 0.29) is 34.8 Å². The number of phenolic OH excluding ortho intramolecular Hbond substituents is 1. The van der Waals surface area contributed by atoms with Crippen molar-refractivity contribution in [2.75, 3.05) is 6.61 Å². The van der Waals surface area contributed by atoms with Gasteiger partial charge in [0.1, 0.15) is 17.9 Å². The van der Waals surface area contributed by atoms with Crippen LogP contribution in [0.25, 0.3) is 11.0 Å². The average Bonchev–Trinajstić information content (AvgIpc) is 2.51. The van der Waals surface area contributed by atoms with Crippen molar-refractivity contribution in [2.24, 2.45) is 0 Å². The Bertz CT molecular complexity index is 839. The molecular weight excluding hydrogens is 308 g/mol. The monoisotopic (exact) mass is 330 g/mol. The highest BCUT2D eigenvalue weighted by Crippen LogP contribution is 2.33. The first-order valence-corrected chi connectivity index (χ1v) is 7.79. The van der Waals surface area contributed by atoms with E-state index in [0.29, 0.717) is 0 Å². The molecule has 0 bridgehead atoms. The molecule has 0 aliphatic carbocycles. The predicted molar refractivity (Wildman–Crippen MR) is 93.7 cm³/mol. The zero-order valence-electron chi connectivity index (χ0n) is 14.1. The van der Waals surface area contributed by atoms with E-state index in [9.17, 15) is 15.0 Å². The van der Waals surface area contributed by atoms with Crippen LogP contribution >= 0.6 is 0 Å². The molecule has 5 nitrogen and oxygen atoms in total. The van der Waals surface area contributed by atoms with Gasteiger partial charge in [-0.25, -0.2) is 4.79 Å². The second-order valence-electron chi connectivity index (χ2n) is 5.93. The van der Waals surface area contributed by atoms with Crippen molar-refractivity contribution in [1.29, 1.82) is 0 Å². The van der Waals surface area contributed by atoms with Crippen LogP contribution in [0.4, 0.5) is 0 Å². The van der Waals surface area contributed by atoms with Crippen molar-refractivity contribution < 1.29 is 19.4 Å². The molecule has 0 spiro atoms. The molecule has 2 N–H and O–H groups in total. The Labute approximate surface area is 140 Å². The fourth-order valence-corrected chi connectivity index (χ4v) is 2.24. The minimum absolute atomic E-state index is 0.0346. The number of allylic oxidation sites excluding steroid dienone is 3. The first-order valence-electron chi connectivity index (χ1n) is 7.79. The van der Waals surface area contributed by atoms with Crippen LogP contribution in [-0.2, 0) is 0 Å². The van der Waals surface area contributed by atoms with Gasteiger partial charge in [0.05, 0.1) is 5.39 Å². The Hall–Kier alpha value is -2.69. The van der Waals surface area contributed by atoms with Crippen molar-refractivity contribution in [3.05, 3.63) is 51.9 Å². The smallest absolute Gasteiger partial charge is 0.383 e. The van der Waals surface area contributed by atoms with Crippen molar-refractivity contribution in [2.45, 2.75) is 33.6 Å². The molecule has 128 valence electrons. The highest BCUT2D eigenvalue weighted by molar-refractivity contribution is 5.86. The standard InChI is InChI=1S/C19H22O5/c1-12(2)5-4-6-13(3)9-10-23-18-17(21)15-11-14(20)7-8-16(15)24-19(18)22/h5,7-9,11,20-21H,4,6,10H2,1-3H3. The molecule has 0 radical (unpaired) electrons. The Morgan fingerprint density at radius 2 is 1.96 bits per heavy atom. The SMILES string of the molecule is CC(C)=CCCC(C)=CCOc1c(O)c2cc(O)ccc2oc1=O. The first-order chi connectivity index (χ1) is 11.4. The Morgan fingerprint density at radius 3 is 2.67 bits per heavy atom. The van der Waals surface area contributed by atoms with E-state index >= 15 is 0 Å². The van der Waals surface area contributed by atoms with Gasteiger partial charge >= 0.3 is 5.63 Å². The van der Waals surface area contributed by atoms with Crippen LogP contribution in [-0.4, -0.2) is 16.8 Å². The van der Waals surface area contributed by atoms with Gasteiger partial charge in [0.2, 0.25) is 5.75 Å². The summed E-state index contributed by atoms with van der Waals surface area (Å²) >= 11 is 0. The van der Waals surface area contributed by atoms with E-state index in [1.54, 1.807) is 0 Å². The molecule has 0 saturated carbocycles. The van der Waals surface area contributed by atoms with Gasteiger partial charge in [0, 0.05) is 0 Å². The van der Waals surface area contributed by atoms with Gasteiger partial charge in [-0.2, -0.15) is 0 Å². The van der Waals surface area contributed by atoms with Crippen molar-refractivity contribution >= 4 is 11.0 Å². The molecule has 1 aromatic heterocycles. The minimum Gasteiger partial charge on any atom is -0.508 e. The van der Waals surface area contributed by atoms with Gasteiger partial charge in [-0.15, -0.1) is 0 Å². The lowest BCUT2D eigenvalue weighted by molar-refractivity contribution is 0.317. The third kappa shape index (κ3) is 4.41. The number of fused-ring (bicyclic) bond motifs is 1. The van der Waals surface area contributed by atoms with Gasteiger partial charge in [-0.05, 0) is 57.9 Å². The van der Waals surface area contributed by atoms with Crippen molar-refractivity contribution in [3.63, 3.8) is 0 Å². The van der Waals surface area contributed by atoms with E-state index in [2.05, 4.69) is 19.9 Å². The molecule has 24 heavy (non-hydrogen) atoms. The number of benzene rings is 1. The highest BCUT2D eigenvalue weighted by Gasteiger charge is 2.15. The fraction of sp³-hybridized carbons (Fsp3) is 0.316. The topological polar surface area (TPSA) is 79.9 Å². The zero-order chi connectivity index (χ0) is 17.7. The molecule has 0 unspecified atom stereocenters. The van der Waals surface area contributed by atoms with Crippen LogP contribution in [0.3, 0.4) is 0 Å². The second-order valence-corrected chi connectivity index (χ2v) is 5.93. The van der Waals surface area contributed by atoms with Gasteiger partial charge in [0.15, 0.2) is 5.75 Å². The maximum atomic E-state index is 11.9. The summed E-state index contributed by atoms with van der Waals surface area (Å²) in [6, 6.07) is 4.12. The number of hydrogen-bond acceptors (Lipinski definition) is 5. The van der Waals surface area contributed by atoms with E-state index in [0.717, 1.165) is 18.4 Å². The van der Waals surface area contributed by atoms with Crippen LogP contribution in [0.15, 0.2) is 50.7 Å². The van der Waals surface area contributed by atoms with E-state index in [1.165, 1.54) is 23.8 Å². The minimum atomic E-state index is -0.749.